The molecule has 0 aliphatic heterocycles. The van der Waals surface area contributed by atoms with Crippen molar-refractivity contribution in [3.05, 3.63) is 0 Å². The first-order valence-corrected chi connectivity index (χ1v) is 5.99. The number of hydrogen-bond donors (Lipinski definition) is 1. The summed E-state index contributed by atoms with van der Waals surface area (Å²) in [5, 5.41) is 9.14. The second-order valence-corrected chi connectivity index (χ2v) is 4.82. The molecule has 0 heterocycles. The lowest BCUT2D eigenvalue weighted by molar-refractivity contribution is -0.123. The largest absolute Gasteiger partial charge is 0.393 e. The minimum absolute atomic E-state index is 0.269. The predicted molar refractivity (Wildman–Crippen MR) is 60.8 cm³/mol. The van der Waals surface area contributed by atoms with E-state index in [1.807, 2.05) is 11.9 Å². The highest BCUT2D eigenvalue weighted by Gasteiger charge is 2.23. The number of likely N-dealkylation sites (N-methyl/N-ethyl adjacent to an activating group) is 1. The van der Waals surface area contributed by atoms with E-state index in [9.17, 15) is 4.79 Å². The molecule has 3 heteroatoms. The fraction of sp³-hybridized carbons (Fsp3) is 0.917. The van der Waals surface area contributed by atoms with Crippen molar-refractivity contribution in [3.63, 3.8) is 0 Å². The third-order valence-electron chi connectivity index (χ3n) is 3.16. The Morgan fingerprint density at radius 2 is 2.07 bits per heavy atom. The first-order valence-electron chi connectivity index (χ1n) is 5.99. The molecule has 1 fully saturated rings. The summed E-state index contributed by atoms with van der Waals surface area (Å²) in [5.74, 6) is 0.708. The molecule has 1 aliphatic carbocycles. The van der Waals surface area contributed by atoms with Crippen LogP contribution in [0.5, 0.6) is 0 Å². The van der Waals surface area contributed by atoms with Gasteiger partial charge in [0.2, 0.25) is 0 Å². The molecule has 1 unspecified atom stereocenters. The zero-order chi connectivity index (χ0) is 11.3. The van der Waals surface area contributed by atoms with E-state index in [4.69, 9.17) is 5.11 Å². The summed E-state index contributed by atoms with van der Waals surface area (Å²) in [4.78, 5) is 13.8. The molecule has 15 heavy (non-hydrogen) atoms. The van der Waals surface area contributed by atoms with Crippen molar-refractivity contribution in [2.75, 3.05) is 20.1 Å². The van der Waals surface area contributed by atoms with Crippen molar-refractivity contribution in [2.45, 2.75) is 45.1 Å². The van der Waals surface area contributed by atoms with E-state index in [1.54, 1.807) is 6.92 Å². The highest BCUT2D eigenvalue weighted by atomic mass is 16.3. The lowest BCUT2D eigenvalue weighted by Crippen LogP contribution is -2.31. The molecule has 0 bridgehead atoms. The van der Waals surface area contributed by atoms with E-state index in [0.717, 1.165) is 25.8 Å². The van der Waals surface area contributed by atoms with E-state index in [0.29, 0.717) is 18.2 Å². The van der Waals surface area contributed by atoms with Gasteiger partial charge in [-0.15, -0.1) is 0 Å². The molecule has 0 spiro atoms. The Balaban J connectivity index is 2.18. The van der Waals surface area contributed by atoms with Crippen LogP contribution in [0.2, 0.25) is 0 Å². The van der Waals surface area contributed by atoms with Crippen LogP contribution < -0.4 is 0 Å². The second-order valence-electron chi connectivity index (χ2n) is 4.82. The third-order valence-corrected chi connectivity index (χ3v) is 3.16. The Labute approximate surface area is 92.5 Å². The molecule has 1 saturated carbocycles. The van der Waals surface area contributed by atoms with E-state index >= 15 is 0 Å². The van der Waals surface area contributed by atoms with Gasteiger partial charge in [0.15, 0.2) is 0 Å². The molecule has 0 aromatic carbocycles. The van der Waals surface area contributed by atoms with Crippen LogP contribution in [0.1, 0.15) is 39.0 Å². The van der Waals surface area contributed by atoms with Crippen molar-refractivity contribution < 1.29 is 9.90 Å². The lowest BCUT2D eigenvalue weighted by Gasteiger charge is -2.18. The first kappa shape index (κ1) is 12.7. The number of Topliss-reactive ketones (excluding diaryl/α,β-unsaturated/α-hetero) is 1. The Hall–Kier alpha value is -0.410. The molecule has 1 atom stereocenters. The Morgan fingerprint density at radius 3 is 2.60 bits per heavy atom. The van der Waals surface area contributed by atoms with Crippen LogP contribution in [0.15, 0.2) is 0 Å². The summed E-state index contributed by atoms with van der Waals surface area (Å²) < 4.78 is 0. The monoisotopic (exact) mass is 213 g/mol. The Bertz CT molecular complexity index is 198. The summed E-state index contributed by atoms with van der Waals surface area (Å²) >= 11 is 0. The molecule has 88 valence electrons. The maximum Gasteiger partial charge on any atom is 0.149 e. The van der Waals surface area contributed by atoms with Crippen molar-refractivity contribution in [1.29, 1.82) is 0 Å². The van der Waals surface area contributed by atoms with Gasteiger partial charge in [-0.3, -0.25) is 9.69 Å². The van der Waals surface area contributed by atoms with E-state index < -0.39 is 0 Å². The van der Waals surface area contributed by atoms with E-state index in [2.05, 4.69) is 0 Å². The molecule has 0 aromatic rings. The number of nitrogens with zero attached hydrogens (tertiary/aromatic N) is 1. The summed E-state index contributed by atoms with van der Waals surface area (Å²) in [5.41, 5.74) is 0. The lowest BCUT2D eigenvalue weighted by atomic mass is 10.0. The van der Waals surface area contributed by atoms with Crippen molar-refractivity contribution in [2.24, 2.45) is 5.92 Å². The minimum atomic E-state index is -0.269. The number of rotatable bonds is 6. The Morgan fingerprint density at radius 1 is 1.47 bits per heavy atom. The normalized spacial score (nSPS) is 19.7. The molecule has 3 nitrogen and oxygen atoms in total. The number of carbonyl (C=O) groups is 1. The van der Waals surface area contributed by atoms with Gasteiger partial charge in [0.05, 0.1) is 12.6 Å². The fourth-order valence-corrected chi connectivity index (χ4v) is 2.13. The van der Waals surface area contributed by atoms with Gasteiger partial charge in [-0.1, -0.05) is 12.8 Å². The Kier molecular flexibility index (Phi) is 5.26. The van der Waals surface area contributed by atoms with Crippen LogP contribution in [0.3, 0.4) is 0 Å². The molecule has 1 N–H and O–H groups in total. The van der Waals surface area contributed by atoms with Crippen LogP contribution in [0.25, 0.3) is 0 Å². The summed E-state index contributed by atoms with van der Waals surface area (Å²) in [7, 11) is 1.95. The van der Waals surface area contributed by atoms with Crippen LogP contribution in [0, 0.1) is 5.92 Å². The minimum Gasteiger partial charge on any atom is -0.393 e. The van der Waals surface area contributed by atoms with Gasteiger partial charge in [0, 0.05) is 12.5 Å². The van der Waals surface area contributed by atoms with Crippen LogP contribution in [-0.2, 0) is 4.79 Å². The molecule has 0 amide bonds. The average molecular weight is 213 g/mol. The smallest absolute Gasteiger partial charge is 0.149 e. The zero-order valence-corrected chi connectivity index (χ0v) is 9.91. The molecule has 0 radical (unpaired) electrons. The third kappa shape index (κ3) is 4.76. The zero-order valence-electron chi connectivity index (χ0n) is 9.91. The SMILES string of the molecule is CC(O)CCN(C)CC(=O)C1CCCC1. The van der Waals surface area contributed by atoms with Gasteiger partial charge in [-0.05, 0) is 33.2 Å². The fourth-order valence-electron chi connectivity index (χ4n) is 2.13. The van der Waals surface area contributed by atoms with Crippen molar-refractivity contribution in [1.82, 2.24) is 4.90 Å². The van der Waals surface area contributed by atoms with Gasteiger partial charge in [-0.25, -0.2) is 0 Å². The second kappa shape index (κ2) is 6.23. The van der Waals surface area contributed by atoms with Gasteiger partial charge >= 0.3 is 0 Å². The summed E-state index contributed by atoms with van der Waals surface area (Å²) in [6.45, 7) is 3.14. The number of ketones is 1. The highest BCUT2D eigenvalue weighted by molar-refractivity contribution is 5.83. The van der Waals surface area contributed by atoms with Crippen LogP contribution >= 0.6 is 0 Å². The molecule has 0 saturated heterocycles. The number of hydrogen-bond acceptors (Lipinski definition) is 3. The topological polar surface area (TPSA) is 40.5 Å². The van der Waals surface area contributed by atoms with Crippen LogP contribution in [-0.4, -0.2) is 42.0 Å². The van der Waals surface area contributed by atoms with Gasteiger partial charge in [0.25, 0.3) is 0 Å². The van der Waals surface area contributed by atoms with Crippen LogP contribution in [0.4, 0.5) is 0 Å². The highest BCUT2D eigenvalue weighted by Crippen LogP contribution is 2.25. The standard InChI is InChI=1S/C12H23NO2/c1-10(14)7-8-13(2)9-12(15)11-5-3-4-6-11/h10-11,14H,3-9H2,1-2H3. The number of carbonyl (C=O) groups excluding carboxylic acids is 1. The molecule has 0 aromatic heterocycles. The predicted octanol–water partition coefficient (Wildman–Crippen LogP) is 1.45. The maximum atomic E-state index is 11.8. The molecular formula is C12H23NO2. The summed E-state index contributed by atoms with van der Waals surface area (Å²) in [6, 6.07) is 0. The van der Waals surface area contributed by atoms with E-state index in [-0.39, 0.29) is 6.10 Å². The van der Waals surface area contributed by atoms with Gasteiger partial charge in [-0.2, -0.15) is 0 Å². The number of aliphatic hydroxyl groups excluding tert-OH is 1. The van der Waals surface area contributed by atoms with Gasteiger partial charge in [0.1, 0.15) is 5.78 Å². The molecule has 1 aliphatic rings. The van der Waals surface area contributed by atoms with Gasteiger partial charge < -0.3 is 5.11 Å². The van der Waals surface area contributed by atoms with Crippen molar-refractivity contribution >= 4 is 5.78 Å². The average Bonchev–Trinajstić information content (AvgIpc) is 2.67. The number of aliphatic hydroxyl groups is 1. The first-order chi connectivity index (χ1) is 7.09. The molecule has 1 rings (SSSR count). The maximum absolute atomic E-state index is 11.8. The van der Waals surface area contributed by atoms with E-state index in [1.165, 1.54) is 12.8 Å². The quantitative estimate of drug-likeness (QED) is 0.726. The summed E-state index contributed by atoms with van der Waals surface area (Å²) in [6.07, 6.45) is 5.08. The molecular weight excluding hydrogens is 190 g/mol. The van der Waals surface area contributed by atoms with Crippen molar-refractivity contribution in [3.8, 4) is 0 Å².